The monoisotopic (exact) mass is 167 g/mol. The van der Waals surface area contributed by atoms with Crippen LogP contribution in [0.25, 0.3) is 0 Å². The van der Waals surface area contributed by atoms with Crippen LogP contribution in [-0.4, -0.2) is 12.3 Å². The van der Waals surface area contributed by atoms with Crippen molar-refractivity contribution in [3.05, 3.63) is 12.2 Å². The van der Waals surface area contributed by atoms with Gasteiger partial charge in [-0.3, -0.25) is 4.79 Å². The number of hydrogen-bond donors (Lipinski definition) is 1. The summed E-state index contributed by atoms with van der Waals surface area (Å²) in [6.45, 7) is 4.92. The van der Waals surface area contributed by atoms with Gasteiger partial charge >= 0.3 is 0 Å². The summed E-state index contributed by atoms with van der Waals surface area (Å²) in [5, 5.41) is 0. The molecule has 0 aromatic carbocycles. The Hall–Kier alpha value is -0.630. The van der Waals surface area contributed by atoms with Gasteiger partial charge in [0.15, 0.2) is 5.78 Å². The Morgan fingerprint density at radius 3 is 2.92 bits per heavy atom. The fourth-order valence-electron chi connectivity index (χ4n) is 1.69. The molecule has 1 atom stereocenters. The molecule has 68 valence electrons. The molecule has 0 bridgehead atoms. The van der Waals surface area contributed by atoms with Crippen LogP contribution in [0.2, 0.25) is 0 Å². The molecule has 0 spiro atoms. The van der Waals surface area contributed by atoms with Gasteiger partial charge in [0.1, 0.15) is 0 Å². The van der Waals surface area contributed by atoms with Crippen LogP contribution in [0.15, 0.2) is 12.2 Å². The van der Waals surface area contributed by atoms with Crippen LogP contribution >= 0.6 is 0 Å². The number of carbonyl (C=O) groups is 1. The van der Waals surface area contributed by atoms with E-state index in [1.807, 2.05) is 6.08 Å². The van der Waals surface area contributed by atoms with Crippen LogP contribution in [0.3, 0.4) is 0 Å². The van der Waals surface area contributed by atoms with Crippen LogP contribution < -0.4 is 5.73 Å². The Balaban J connectivity index is 2.67. The average Bonchev–Trinajstić information content (AvgIpc) is 1.97. The topological polar surface area (TPSA) is 43.1 Å². The lowest BCUT2D eigenvalue weighted by atomic mass is 9.75. The van der Waals surface area contributed by atoms with Crippen molar-refractivity contribution in [1.82, 2.24) is 0 Å². The molecule has 0 saturated heterocycles. The minimum atomic E-state index is 0.162. The number of nitrogens with two attached hydrogens (primary N) is 1. The summed E-state index contributed by atoms with van der Waals surface area (Å²) in [4.78, 5) is 11.3. The summed E-state index contributed by atoms with van der Waals surface area (Å²) < 4.78 is 0. The molecule has 2 N–H and O–H groups in total. The molecule has 0 heterocycles. The van der Waals surface area contributed by atoms with Crippen molar-refractivity contribution < 1.29 is 4.79 Å². The van der Waals surface area contributed by atoms with Crippen LogP contribution in [0.4, 0.5) is 0 Å². The van der Waals surface area contributed by atoms with Crippen LogP contribution in [0.5, 0.6) is 0 Å². The molecular weight excluding hydrogens is 150 g/mol. The molecule has 1 unspecified atom stereocenters. The molecule has 1 rings (SSSR count). The van der Waals surface area contributed by atoms with Gasteiger partial charge in [0, 0.05) is 5.92 Å². The Morgan fingerprint density at radius 2 is 2.33 bits per heavy atom. The van der Waals surface area contributed by atoms with E-state index in [-0.39, 0.29) is 17.1 Å². The molecule has 0 aromatic heterocycles. The molecule has 1 aliphatic rings. The molecule has 0 aliphatic heterocycles. The van der Waals surface area contributed by atoms with Crippen molar-refractivity contribution in [2.24, 2.45) is 17.1 Å². The minimum Gasteiger partial charge on any atom is -0.330 e. The van der Waals surface area contributed by atoms with E-state index in [0.717, 1.165) is 12.8 Å². The normalized spacial score (nSPS) is 27.6. The minimum absolute atomic E-state index is 0.162. The Bertz CT molecular complexity index is 206. The van der Waals surface area contributed by atoms with Gasteiger partial charge in [-0.15, -0.1) is 0 Å². The lowest BCUT2D eigenvalue weighted by Crippen LogP contribution is -2.27. The van der Waals surface area contributed by atoms with Gasteiger partial charge in [-0.05, 0) is 30.9 Å². The average molecular weight is 167 g/mol. The fourth-order valence-corrected chi connectivity index (χ4v) is 1.69. The molecule has 0 amide bonds. The number of allylic oxidation sites excluding steroid dienone is 2. The van der Waals surface area contributed by atoms with Crippen molar-refractivity contribution in [1.29, 1.82) is 0 Å². The SMILES string of the molecule is CC1(C)C=CC(=O)C(CCN)C1. The number of hydrogen-bond acceptors (Lipinski definition) is 2. The Labute approximate surface area is 73.8 Å². The summed E-state index contributed by atoms with van der Waals surface area (Å²) in [6.07, 6.45) is 5.48. The molecular formula is C10H17NO. The standard InChI is InChI=1S/C10H17NO/c1-10(2)5-3-9(12)8(7-10)4-6-11/h3,5,8H,4,6-7,11H2,1-2H3. The molecule has 2 heteroatoms. The van der Waals surface area contributed by atoms with Gasteiger partial charge in [0.2, 0.25) is 0 Å². The first-order valence-corrected chi connectivity index (χ1v) is 4.48. The molecule has 1 aliphatic carbocycles. The number of ketones is 1. The van der Waals surface area contributed by atoms with Gasteiger partial charge in [-0.25, -0.2) is 0 Å². The molecule has 12 heavy (non-hydrogen) atoms. The quantitative estimate of drug-likeness (QED) is 0.677. The molecule has 0 fully saturated rings. The highest BCUT2D eigenvalue weighted by Crippen LogP contribution is 2.32. The van der Waals surface area contributed by atoms with Crippen molar-refractivity contribution in [3.63, 3.8) is 0 Å². The zero-order valence-electron chi connectivity index (χ0n) is 7.84. The van der Waals surface area contributed by atoms with Crippen LogP contribution in [0, 0.1) is 11.3 Å². The number of carbonyl (C=O) groups excluding carboxylic acids is 1. The maximum absolute atomic E-state index is 11.3. The van der Waals surface area contributed by atoms with Crippen molar-refractivity contribution >= 4 is 5.78 Å². The fraction of sp³-hybridized carbons (Fsp3) is 0.700. The number of rotatable bonds is 2. The lowest BCUT2D eigenvalue weighted by Gasteiger charge is -2.29. The zero-order valence-corrected chi connectivity index (χ0v) is 7.84. The molecule has 0 radical (unpaired) electrons. The predicted octanol–water partition coefficient (Wildman–Crippen LogP) is 1.51. The van der Waals surface area contributed by atoms with Gasteiger partial charge in [0.05, 0.1) is 0 Å². The van der Waals surface area contributed by atoms with Crippen molar-refractivity contribution in [3.8, 4) is 0 Å². The first kappa shape index (κ1) is 9.46. The van der Waals surface area contributed by atoms with Gasteiger partial charge in [0.25, 0.3) is 0 Å². The second kappa shape index (κ2) is 3.40. The Kier molecular flexibility index (Phi) is 2.68. The molecule has 0 aromatic rings. The van der Waals surface area contributed by atoms with E-state index in [1.54, 1.807) is 6.08 Å². The van der Waals surface area contributed by atoms with Gasteiger partial charge < -0.3 is 5.73 Å². The van der Waals surface area contributed by atoms with Gasteiger partial charge in [-0.2, -0.15) is 0 Å². The first-order valence-electron chi connectivity index (χ1n) is 4.48. The third-order valence-corrected chi connectivity index (χ3v) is 2.39. The lowest BCUT2D eigenvalue weighted by molar-refractivity contribution is -0.119. The highest BCUT2D eigenvalue weighted by atomic mass is 16.1. The summed E-state index contributed by atoms with van der Waals surface area (Å²) in [5.41, 5.74) is 5.61. The van der Waals surface area contributed by atoms with E-state index in [0.29, 0.717) is 6.54 Å². The third kappa shape index (κ3) is 2.18. The molecule has 2 nitrogen and oxygen atoms in total. The highest BCUT2D eigenvalue weighted by Gasteiger charge is 2.28. The maximum atomic E-state index is 11.3. The largest absolute Gasteiger partial charge is 0.330 e. The van der Waals surface area contributed by atoms with Crippen LogP contribution in [-0.2, 0) is 4.79 Å². The van der Waals surface area contributed by atoms with Crippen molar-refractivity contribution in [2.75, 3.05) is 6.54 Å². The van der Waals surface area contributed by atoms with E-state index in [1.165, 1.54) is 0 Å². The highest BCUT2D eigenvalue weighted by molar-refractivity contribution is 5.92. The van der Waals surface area contributed by atoms with E-state index in [9.17, 15) is 4.79 Å². The van der Waals surface area contributed by atoms with Crippen molar-refractivity contribution in [2.45, 2.75) is 26.7 Å². The van der Waals surface area contributed by atoms with Gasteiger partial charge in [-0.1, -0.05) is 19.9 Å². The van der Waals surface area contributed by atoms with Crippen LogP contribution in [0.1, 0.15) is 26.7 Å². The zero-order chi connectivity index (χ0) is 9.19. The second-order valence-corrected chi connectivity index (χ2v) is 4.20. The third-order valence-electron chi connectivity index (χ3n) is 2.39. The van der Waals surface area contributed by atoms with E-state index >= 15 is 0 Å². The van der Waals surface area contributed by atoms with E-state index < -0.39 is 0 Å². The summed E-state index contributed by atoms with van der Waals surface area (Å²) in [5.74, 6) is 0.412. The second-order valence-electron chi connectivity index (χ2n) is 4.20. The predicted molar refractivity (Wildman–Crippen MR) is 49.7 cm³/mol. The summed E-state index contributed by atoms with van der Waals surface area (Å²) >= 11 is 0. The summed E-state index contributed by atoms with van der Waals surface area (Å²) in [7, 11) is 0. The molecule has 0 saturated carbocycles. The van der Waals surface area contributed by atoms with E-state index in [2.05, 4.69) is 13.8 Å². The summed E-state index contributed by atoms with van der Waals surface area (Å²) in [6, 6.07) is 0. The van der Waals surface area contributed by atoms with E-state index in [4.69, 9.17) is 5.73 Å². The smallest absolute Gasteiger partial charge is 0.158 e. The maximum Gasteiger partial charge on any atom is 0.158 e. The Morgan fingerprint density at radius 1 is 1.67 bits per heavy atom. The first-order chi connectivity index (χ1) is 5.55.